The minimum atomic E-state index is -0.517. The van der Waals surface area contributed by atoms with Crippen LogP contribution in [-0.2, 0) is 16.1 Å². The van der Waals surface area contributed by atoms with Crippen molar-refractivity contribution < 1.29 is 24.2 Å². The zero-order chi connectivity index (χ0) is 20.9. The molecule has 2 heterocycles. The first kappa shape index (κ1) is 18.4. The van der Waals surface area contributed by atoms with Crippen LogP contribution in [0, 0.1) is 0 Å². The van der Waals surface area contributed by atoms with Crippen molar-refractivity contribution in [3.63, 3.8) is 0 Å². The largest absolute Gasteiger partial charge is 0.506 e. The predicted octanol–water partition coefficient (Wildman–Crippen LogP) is 1.97. The summed E-state index contributed by atoms with van der Waals surface area (Å²) in [7, 11) is 1.42. The number of esters is 1. The normalized spacial score (nSPS) is 13.1. The molecule has 3 aromatic rings. The quantitative estimate of drug-likeness (QED) is 0.410. The van der Waals surface area contributed by atoms with Crippen molar-refractivity contribution in [3.05, 3.63) is 59.2 Å². The number of carbonyl (C=O) groups excluding carboxylic acids is 3. The van der Waals surface area contributed by atoms with Crippen LogP contribution in [0.5, 0.6) is 5.75 Å². The van der Waals surface area contributed by atoms with Crippen molar-refractivity contribution in [2.45, 2.75) is 13.5 Å². The van der Waals surface area contributed by atoms with Crippen LogP contribution >= 0.6 is 0 Å². The zero-order valence-corrected chi connectivity index (χ0v) is 15.7. The third-order valence-corrected chi connectivity index (χ3v) is 4.56. The third kappa shape index (κ3) is 3.02. The Morgan fingerprint density at radius 3 is 2.24 bits per heavy atom. The van der Waals surface area contributed by atoms with Gasteiger partial charge in [0.05, 0.1) is 11.1 Å². The Balaban J connectivity index is 1.71. The number of benzene rings is 2. The number of carbonyl (C=O) groups is 3. The summed E-state index contributed by atoms with van der Waals surface area (Å²) >= 11 is 0. The van der Waals surface area contributed by atoms with Gasteiger partial charge in [0.25, 0.3) is 11.8 Å². The van der Waals surface area contributed by atoms with Gasteiger partial charge in [-0.15, -0.1) is 15.0 Å². The van der Waals surface area contributed by atoms with Crippen LogP contribution in [0.1, 0.15) is 33.2 Å². The maximum Gasteiger partial charge on any atom is 0.333 e. The Morgan fingerprint density at radius 1 is 1.10 bits per heavy atom. The van der Waals surface area contributed by atoms with E-state index in [-0.39, 0.29) is 34.7 Å². The summed E-state index contributed by atoms with van der Waals surface area (Å²) in [5.41, 5.74) is 2.50. The van der Waals surface area contributed by atoms with E-state index >= 15 is 0 Å². The van der Waals surface area contributed by atoms with E-state index in [2.05, 4.69) is 16.8 Å². The molecule has 0 saturated carbocycles. The number of nitrogens with zero attached hydrogens (tertiary/aromatic N) is 4. The summed E-state index contributed by atoms with van der Waals surface area (Å²) in [6.07, 6.45) is 0. The van der Waals surface area contributed by atoms with Gasteiger partial charge in [0.2, 0.25) is 0 Å². The van der Waals surface area contributed by atoms with E-state index in [1.54, 1.807) is 19.1 Å². The van der Waals surface area contributed by atoms with Crippen molar-refractivity contribution in [1.29, 1.82) is 0 Å². The van der Waals surface area contributed by atoms with Crippen molar-refractivity contribution in [2.75, 3.05) is 7.05 Å². The molecule has 0 bridgehead atoms. The summed E-state index contributed by atoms with van der Waals surface area (Å²) in [6, 6.07) is 7.64. The van der Waals surface area contributed by atoms with E-state index < -0.39 is 17.8 Å². The topological polar surface area (TPSA) is 115 Å². The number of imide groups is 1. The molecule has 0 spiro atoms. The number of ether oxygens (including phenoxy) is 1. The summed E-state index contributed by atoms with van der Waals surface area (Å²) in [4.78, 5) is 38.1. The molecule has 0 fully saturated rings. The SMILES string of the molecule is C=C(C)C(=O)OCc1ccc(O)c(-n2nc3cc4c(cc3n2)C(=O)N(C)C4=O)c1. The molecule has 29 heavy (non-hydrogen) atoms. The molecular weight excluding hydrogens is 376 g/mol. The van der Waals surface area contributed by atoms with Crippen molar-refractivity contribution in [3.8, 4) is 11.4 Å². The summed E-state index contributed by atoms with van der Waals surface area (Å²) in [5.74, 6) is -1.40. The van der Waals surface area contributed by atoms with Gasteiger partial charge >= 0.3 is 5.97 Å². The number of fused-ring (bicyclic) bond motifs is 2. The molecule has 9 nitrogen and oxygen atoms in total. The molecular formula is C20H16N4O5. The molecule has 2 amide bonds. The average molecular weight is 392 g/mol. The lowest BCUT2D eigenvalue weighted by Gasteiger charge is -2.08. The highest BCUT2D eigenvalue weighted by atomic mass is 16.5. The smallest absolute Gasteiger partial charge is 0.333 e. The maximum absolute atomic E-state index is 12.2. The summed E-state index contributed by atoms with van der Waals surface area (Å²) in [5, 5.41) is 18.9. The Kier molecular flexibility index (Phi) is 4.15. The second-order valence-electron chi connectivity index (χ2n) is 6.72. The fourth-order valence-electron chi connectivity index (χ4n) is 2.97. The monoisotopic (exact) mass is 392 g/mol. The van der Waals surface area contributed by atoms with Gasteiger partial charge < -0.3 is 9.84 Å². The highest BCUT2D eigenvalue weighted by Gasteiger charge is 2.33. The first-order valence-corrected chi connectivity index (χ1v) is 8.64. The first-order chi connectivity index (χ1) is 13.8. The Bertz CT molecular complexity index is 1170. The molecule has 1 aliphatic heterocycles. The van der Waals surface area contributed by atoms with Crippen LogP contribution in [0.2, 0.25) is 0 Å². The first-order valence-electron chi connectivity index (χ1n) is 8.64. The number of aromatic hydroxyl groups is 1. The molecule has 146 valence electrons. The molecule has 0 atom stereocenters. The molecule has 9 heteroatoms. The van der Waals surface area contributed by atoms with Gasteiger partial charge in [-0.25, -0.2) is 4.79 Å². The van der Waals surface area contributed by atoms with E-state index in [1.165, 1.54) is 30.0 Å². The highest BCUT2D eigenvalue weighted by molar-refractivity contribution is 6.22. The van der Waals surface area contributed by atoms with Gasteiger partial charge in [-0.3, -0.25) is 14.5 Å². The minimum absolute atomic E-state index is 0.0105. The lowest BCUT2D eigenvalue weighted by molar-refractivity contribution is -0.140. The molecule has 0 radical (unpaired) electrons. The summed E-state index contributed by atoms with van der Waals surface area (Å²) in [6.45, 7) is 5.06. The van der Waals surface area contributed by atoms with Crippen LogP contribution in [0.4, 0.5) is 0 Å². The zero-order valence-electron chi connectivity index (χ0n) is 15.7. The van der Waals surface area contributed by atoms with Gasteiger partial charge in [0, 0.05) is 12.6 Å². The third-order valence-electron chi connectivity index (χ3n) is 4.56. The number of hydrogen-bond acceptors (Lipinski definition) is 7. The van der Waals surface area contributed by atoms with Gasteiger partial charge in [-0.05, 0) is 36.8 Å². The van der Waals surface area contributed by atoms with Crippen LogP contribution in [-0.4, -0.2) is 49.8 Å². The Morgan fingerprint density at radius 2 is 1.69 bits per heavy atom. The van der Waals surface area contributed by atoms with E-state index in [4.69, 9.17) is 4.74 Å². The Labute approximate surface area is 164 Å². The van der Waals surface area contributed by atoms with E-state index in [0.29, 0.717) is 16.6 Å². The number of phenolic OH excluding ortho intramolecular Hbond substituents is 1. The van der Waals surface area contributed by atoms with E-state index in [9.17, 15) is 19.5 Å². The Hall–Kier alpha value is -4.01. The number of aromatic nitrogens is 3. The molecule has 0 saturated heterocycles. The fraction of sp³-hybridized carbons (Fsp3) is 0.150. The highest BCUT2D eigenvalue weighted by Crippen LogP contribution is 2.28. The molecule has 0 unspecified atom stereocenters. The van der Waals surface area contributed by atoms with Crippen LogP contribution < -0.4 is 0 Å². The van der Waals surface area contributed by atoms with Gasteiger partial charge in [-0.1, -0.05) is 12.6 Å². The lowest BCUT2D eigenvalue weighted by Crippen LogP contribution is -2.24. The molecule has 1 aromatic heterocycles. The summed E-state index contributed by atoms with van der Waals surface area (Å²) < 4.78 is 5.12. The molecule has 4 rings (SSSR count). The maximum atomic E-state index is 12.2. The minimum Gasteiger partial charge on any atom is -0.506 e. The number of amides is 2. The standard InChI is InChI=1S/C20H16N4O5/c1-10(2)20(28)29-9-11-4-5-17(25)16(6-11)24-21-14-7-12-13(8-15(14)22-24)19(27)23(3)18(12)26/h4-8,25H,1,9H2,2-3H3. The van der Waals surface area contributed by atoms with Gasteiger partial charge in [0.15, 0.2) is 0 Å². The second-order valence-corrected chi connectivity index (χ2v) is 6.72. The van der Waals surface area contributed by atoms with Crippen LogP contribution in [0.3, 0.4) is 0 Å². The molecule has 0 aliphatic carbocycles. The van der Waals surface area contributed by atoms with Gasteiger partial charge in [0.1, 0.15) is 29.1 Å². The molecule has 1 aliphatic rings. The van der Waals surface area contributed by atoms with Crippen LogP contribution in [0.15, 0.2) is 42.5 Å². The van der Waals surface area contributed by atoms with Crippen molar-refractivity contribution >= 4 is 28.8 Å². The van der Waals surface area contributed by atoms with Crippen molar-refractivity contribution in [2.24, 2.45) is 0 Å². The average Bonchev–Trinajstić information content (AvgIpc) is 3.20. The number of rotatable bonds is 4. The van der Waals surface area contributed by atoms with Crippen molar-refractivity contribution in [1.82, 2.24) is 19.9 Å². The number of hydrogen-bond donors (Lipinski definition) is 1. The lowest BCUT2D eigenvalue weighted by atomic mass is 10.1. The van der Waals surface area contributed by atoms with E-state index in [0.717, 1.165) is 4.90 Å². The predicted molar refractivity (Wildman–Crippen MR) is 102 cm³/mol. The fourth-order valence-corrected chi connectivity index (χ4v) is 2.97. The second kappa shape index (κ2) is 6.55. The van der Waals surface area contributed by atoms with Crippen LogP contribution in [0.25, 0.3) is 16.7 Å². The molecule has 2 aromatic carbocycles. The molecule has 1 N–H and O–H groups in total. The van der Waals surface area contributed by atoms with E-state index in [1.807, 2.05) is 0 Å². The van der Waals surface area contributed by atoms with Gasteiger partial charge in [-0.2, -0.15) is 0 Å². The number of phenols is 1.